The highest BCUT2D eigenvalue weighted by Crippen LogP contribution is 2.30. The lowest BCUT2D eigenvalue weighted by Crippen LogP contribution is -2.45. The van der Waals surface area contributed by atoms with Crippen LogP contribution in [0.4, 0.5) is 10.1 Å². The predicted octanol–water partition coefficient (Wildman–Crippen LogP) is 6.06. The summed E-state index contributed by atoms with van der Waals surface area (Å²) in [6, 6.07) is 38.1. The molecule has 0 aliphatic carbocycles. The van der Waals surface area contributed by atoms with E-state index < -0.39 is 23.7 Å². The lowest BCUT2D eigenvalue weighted by molar-refractivity contribution is -0.127. The molecule has 0 aliphatic rings. The highest BCUT2D eigenvalue weighted by molar-refractivity contribution is 6.01. The van der Waals surface area contributed by atoms with Crippen molar-refractivity contribution in [3.8, 4) is 11.8 Å². The van der Waals surface area contributed by atoms with Gasteiger partial charge in [0.05, 0.1) is 5.52 Å². The van der Waals surface area contributed by atoms with E-state index in [0.29, 0.717) is 27.8 Å². The Labute approximate surface area is 259 Å². The van der Waals surface area contributed by atoms with Crippen LogP contribution in [0.25, 0.3) is 11.0 Å². The maximum absolute atomic E-state index is 14.3. The van der Waals surface area contributed by atoms with E-state index >= 15 is 0 Å². The molecule has 0 spiro atoms. The third-order valence-corrected chi connectivity index (χ3v) is 7.22. The number of nitrogens with one attached hydrogen (secondary N) is 1. The second kappa shape index (κ2) is 13.5. The van der Waals surface area contributed by atoms with E-state index in [1.165, 1.54) is 33.8 Å². The normalized spacial score (nSPS) is 11.3. The zero-order valence-corrected chi connectivity index (χ0v) is 24.2. The number of rotatable bonds is 8. The van der Waals surface area contributed by atoms with E-state index in [1.54, 1.807) is 18.2 Å². The molecule has 1 atom stereocenters. The number of amides is 2. The minimum atomic E-state index is -1.11. The topological polar surface area (TPSA) is 80.1 Å². The first kappa shape index (κ1) is 29.0. The van der Waals surface area contributed by atoms with Crippen molar-refractivity contribution in [3.63, 3.8) is 0 Å². The van der Waals surface area contributed by atoms with Gasteiger partial charge in [-0.25, -0.2) is 9.07 Å². The fraction of sp³-hybridized carbons (Fsp3) is 0.0811. The van der Waals surface area contributed by atoms with Crippen LogP contribution in [0, 0.1) is 17.7 Å². The summed E-state index contributed by atoms with van der Waals surface area (Å²) in [7, 11) is 0. The Morgan fingerprint density at radius 3 is 2.22 bits per heavy atom. The largest absolute Gasteiger partial charge is 0.350 e. The van der Waals surface area contributed by atoms with Crippen molar-refractivity contribution in [3.05, 3.63) is 162 Å². The van der Waals surface area contributed by atoms with Crippen LogP contribution in [-0.2, 0) is 22.7 Å². The predicted molar refractivity (Wildman–Crippen MR) is 171 cm³/mol. The van der Waals surface area contributed by atoms with Gasteiger partial charge in [0.25, 0.3) is 0 Å². The highest BCUT2D eigenvalue weighted by atomic mass is 19.1. The van der Waals surface area contributed by atoms with Crippen LogP contribution in [0.5, 0.6) is 0 Å². The standard InChI is InChI=1S/C37H28FN5O2/c38-31-20-22-32(23-21-31)43(35(44)26-42-34-17-8-7-16-33(34)40-41-42)36(37(45)39-25-29-12-5-2-6-13-29)30-15-9-14-28(24-30)19-18-27-10-3-1-4-11-27/h1-17,20-24,36H,25-26H2,(H,39,45)/t36-/m0/s1. The SMILES string of the molecule is O=C(NCc1ccccc1)[C@H](c1cccc(C#Cc2ccccc2)c1)N(C(=O)Cn1nnc2ccccc21)c1ccc(F)cc1. The molecule has 6 aromatic rings. The lowest BCUT2D eigenvalue weighted by Gasteiger charge is -2.31. The summed E-state index contributed by atoms with van der Waals surface area (Å²) < 4.78 is 15.6. The second-order valence-electron chi connectivity index (χ2n) is 10.3. The number of fused-ring (bicyclic) bond motifs is 1. The van der Waals surface area contributed by atoms with Crippen LogP contribution in [-0.4, -0.2) is 26.8 Å². The third-order valence-electron chi connectivity index (χ3n) is 7.22. The number of carbonyl (C=O) groups excluding carboxylic acids is 2. The average Bonchev–Trinajstić information content (AvgIpc) is 3.49. The summed E-state index contributed by atoms with van der Waals surface area (Å²) in [6.45, 7) is 0.0523. The number of hydrogen-bond donors (Lipinski definition) is 1. The molecule has 0 aliphatic heterocycles. The molecule has 0 bridgehead atoms. The fourth-order valence-electron chi connectivity index (χ4n) is 5.03. The summed E-state index contributed by atoms with van der Waals surface area (Å²) in [6.07, 6.45) is 0. The van der Waals surface area contributed by atoms with Crippen LogP contribution in [0.1, 0.15) is 28.3 Å². The Kier molecular flexibility index (Phi) is 8.70. The molecule has 1 aromatic heterocycles. The molecule has 0 fully saturated rings. The van der Waals surface area contributed by atoms with Gasteiger partial charge < -0.3 is 5.32 Å². The number of carbonyl (C=O) groups is 2. The Hall–Kier alpha value is -6.07. The maximum atomic E-state index is 14.3. The summed E-state index contributed by atoms with van der Waals surface area (Å²) in [4.78, 5) is 29.8. The van der Waals surface area contributed by atoms with Crippen LogP contribution in [0.2, 0.25) is 0 Å². The number of aromatic nitrogens is 3. The monoisotopic (exact) mass is 593 g/mol. The van der Waals surface area contributed by atoms with E-state index in [4.69, 9.17) is 0 Å². The Morgan fingerprint density at radius 2 is 1.44 bits per heavy atom. The van der Waals surface area contributed by atoms with Gasteiger partial charge in [-0.05, 0) is 71.8 Å². The first-order chi connectivity index (χ1) is 22.0. The molecular formula is C37H28FN5O2. The number of benzene rings is 5. The summed E-state index contributed by atoms with van der Waals surface area (Å²) >= 11 is 0. The van der Waals surface area contributed by atoms with Crippen LogP contribution >= 0.6 is 0 Å². The van der Waals surface area contributed by atoms with Gasteiger partial charge >= 0.3 is 0 Å². The number of hydrogen-bond acceptors (Lipinski definition) is 4. The zero-order chi connectivity index (χ0) is 31.0. The third kappa shape index (κ3) is 6.95. The molecule has 0 unspecified atom stereocenters. The van der Waals surface area contributed by atoms with Gasteiger partial charge in [0, 0.05) is 23.4 Å². The van der Waals surface area contributed by atoms with Gasteiger partial charge in [0.2, 0.25) is 11.8 Å². The summed E-state index contributed by atoms with van der Waals surface area (Å²) in [5, 5.41) is 11.4. The van der Waals surface area contributed by atoms with E-state index in [-0.39, 0.29) is 13.1 Å². The highest BCUT2D eigenvalue weighted by Gasteiger charge is 2.33. The van der Waals surface area contributed by atoms with Gasteiger partial charge in [-0.2, -0.15) is 0 Å². The molecular weight excluding hydrogens is 565 g/mol. The molecule has 220 valence electrons. The van der Waals surface area contributed by atoms with E-state index in [1.807, 2.05) is 91.0 Å². The fourth-order valence-corrected chi connectivity index (χ4v) is 5.03. The molecule has 5 aromatic carbocycles. The van der Waals surface area contributed by atoms with Crippen molar-refractivity contribution in [1.29, 1.82) is 0 Å². The van der Waals surface area contributed by atoms with Crippen molar-refractivity contribution in [2.75, 3.05) is 4.90 Å². The first-order valence-electron chi connectivity index (χ1n) is 14.4. The molecule has 1 N–H and O–H groups in total. The van der Waals surface area contributed by atoms with Crippen molar-refractivity contribution in [1.82, 2.24) is 20.3 Å². The molecule has 0 saturated heterocycles. The van der Waals surface area contributed by atoms with Crippen molar-refractivity contribution in [2.24, 2.45) is 0 Å². The summed E-state index contributed by atoms with van der Waals surface area (Å²) in [5.41, 5.74) is 4.64. The minimum Gasteiger partial charge on any atom is -0.350 e. The van der Waals surface area contributed by atoms with Crippen LogP contribution in [0.3, 0.4) is 0 Å². The molecule has 8 heteroatoms. The summed E-state index contributed by atoms with van der Waals surface area (Å²) in [5.74, 6) is 5.01. The Bertz CT molecular complexity index is 2000. The molecule has 6 rings (SSSR count). The van der Waals surface area contributed by atoms with Crippen molar-refractivity contribution in [2.45, 2.75) is 19.1 Å². The lowest BCUT2D eigenvalue weighted by atomic mass is 10.00. The Morgan fingerprint density at radius 1 is 0.778 bits per heavy atom. The quantitative estimate of drug-likeness (QED) is 0.218. The molecule has 45 heavy (non-hydrogen) atoms. The van der Waals surface area contributed by atoms with E-state index in [9.17, 15) is 14.0 Å². The molecule has 7 nitrogen and oxygen atoms in total. The molecule has 2 amide bonds. The van der Waals surface area contributed by atoms with Gasteiger partial charge in [0.15, 0.2) is 0 Å². The number of para-hydroxylation sites is 1. The van der Waals surface area contributed by atoms with Gasteiger partial charge in [-0.1, -0.05) is 89.9 Å². The number of anilines is 1. The zero-order valence-electron chi connectivity index (χ0n) is 24.2. The van der Waals surface area contributed by atoms with E-state index in [0.717, 1.165) is 11.1 Å². The molecule has 0 saturated carbocycles. The minimum absolute atomic E-state index is 0.201. The molecule has 0 radical (unpaired) electrons. The van der Waals surface area contributed by atoms with E-state index in [2.05, 4.69) is 27.5 Å². The van der Waals surface area contributed by atoms with Crippen molar-refractivity contribution >= 4 is 28.5 Å². The second-order valence-corrected chi connectivity index (χ2v) is 10.3. The van der Waals surface area contributed by atoms with Gasteiger partial charge in [-0.3, -0.25) is 14.5 Å². The van der Waals surface area contributed by atoms with Crippen LogP contribution in [0.15, 0.2) is 133 Å². The molecule has 1 heterocycles. The Balaban J connectivity index is 1.42. The van der Waals surface area contributed by atoms with Crippen molar-refractivity contribution < 1.29 is 14.0 Å². The first-order valence-corrected chi connectivity index (χ1v) is 14.4. The van der Waals surface area contributed by atoms with Gasteiger partial charge in [0.1, 0.15) is 23.9 Å². The average molecular weight is 594 g/mol. The van der Waals surface area contributed by atoms with Gasteiger partial charge in [-0.15, -0.1) is 5.10 Å². The smallest absolute Gasteiger partial charge is 0.249 e. The number of halogens is 1. The van der Waals surface area contributed by atoms with Crippen LogP contribution < -0.4 is 10.2 Å². The maximum Gasteiger partial charge on any atom is 0.249 e. The number of nitrogens with zero attached hydrogens (tertiary/aromatic N) is 4.